The Kier molecular flexibility index (Phi) is 2.38. The molecule has 3 nitrogen and oxygen atoms in total. The van der Waals surface area contributed by atoms with Crippen LogP contribution in [0.1, 0.15) is 19.4 Å². The molecule has 16 heavy (non-hydrogen) atoms. The van der Waals surface area contributed by atoms with E-state index in [4.69, 9.17) is 0 Å². The van der Waals surface area contributed by atoms with E-state index in [0.717, 1.165) is 16.5 Å². The number of carbonyl (C=O) groups is 1. The zero-order valence-corrected chi connectivity index (χ0v) is 9.27. The van der Waals surface area contributed by atoms with Crippen LogP contribution in [0.15, 0.2) is 36.5 Å². The van der Waals surface area contributed by atoms with Crippen molar-refractivity contribution < 1.29 is 9.90 Å². The summed E-state index contributed by atoms with van der Waals surface area (Å²) in [6.07, 6.45) is 1.68. The van der Waals surface area contributed by atoms with Crippen molar-refractivity contribution in [1.82, 2.24) is 4.98 Å². The van der Waals surface area contributed by atoms with Crippen molar-refractivity contribution in [3.63, 3.8) is 0 Å². The monoisotopic (exact) mass is 215 g/mol. The summed E-state index contributed by atoms with van der Waals surface area (Å²) in [6, 6.07) is 9.40. The highest BCUT2D eigenvalue weighted by atomic mass is 16.4. The lowest BCUT2D eigenvalue weighted by Gasteiger charge is -2.20. The van der Waals surface area contributed by atoms with Crippen LogP contribution in [0.3, 0.4) is 0 Å². The minimum Gasteiger partial charge on any atom is -0.481 e. The first-order valence-corrected chi connectivity index (χ1v) is 5.11. The van der Waals surface area contributed by atoms with Gasteiger partial charge in [0.1, 0.15) is 0 Å². The Balaban J connectivity index is 2.74. The lowest BCUT2D eigenvalue weighted by Crippen LogP contribution is -2.28. The molecule has 0 fully saturated rings. The average molecular weight is 215 g/mol. The smallest absolute Gasteiger partial charge is 0.313 e. The summed E-state index contributed by atoms with van der Waals surface area (Å²) >= 11 is 0. The standard InChI is InChI=1S/C13H13NO2/c1-13(2,12(15)16)10-7-3-5-9-6-4-8-14-11(9)10/h3-8H,1-2H3,(H,15,16). The summed E-state index contributed by atoms with van der Waals surface area (Å²) < 4.78 is 0. The van der Waals surface area contributed by atoms with Crippen molar-refractivity contribution >= 4 is 16.9 Å². The Bertz CT molecular complexity index is 541. The van der Waals surface area contributed by atoms with Crippen molar-refractivity contribution in [2.24, 2.45) is 0 Å². The molecule has 0 bridgehead atoms. The van der Waals surface area contributed by atoms with E-state index in [2.05, 4.69) is 4.98 Å². The molecular formula is C13H13NO2. The highest BCUT2D eigenvalue weighted by Crippen LogP contribution is 2.29. The lowest BCUT2D eigenvalue weighted by atomic mass is 9.83. The topological polar surface area (TPSA) is 50.2 Å². The number of para-hydroxylation sites is 1. The molecular weight excluding hydrogens is 202 g/mol. The Hall–Kier alpha value is -1.90. The maximum Gasteiger partial charge on any atom is 0.313 e. The van der Waals surface area contributed by atoms with Gasteiger partial charge in [-0.05, 0) is 25.5 Å². The highest BCUT2D eigenvalue weighted by molar-refractivity contribution is 5.90. The van der Waals surface area contributed by atoms with Gasteiger partial charge in [0.05, 0.1) is 10.9 Å². The van der Waals surface area contributed by atoms with Crippen LogP contribution in [-0.4, -0.2) is 16.1 Å². The molecule has 1 heterocycles. The summed E-state index contributed by atoms with van der Waals surface area (Å²) in [5, 5.41) is 10.2. The molecule has 1 aromatic carbocycles. The van der Waals surface area contributed by atoms with Gasteiger partial charge in [0, 0.05) is 11.6 Å². The minimum atomic E-state index is -0.923. The third-order valence-electron chi connectivity index (χ3n) is 2.84. The average Bonchev–Trinajstić information content (AvgIpc) is 2.28. The summed E-state index contributed by atoms with van der Waals surface area (Å²) in [6.45, 7) is 3.39. The zero-order valence-electron chi connectivity index (χ0n) is 9.27. The number of rotatable bonds is 2. The maximum atomic E-state index is 11.2. The molecule has 82 valence electrons. The first kappa shape index (κ1) is 10.6. The number of hydrogen-bond donors (Lipinski definition) is 1. The Morgan fingerprint density at radius 1 is 1.25 bits per heavy atom. The van der Waals surface area contributed by atoms with E-state index < -0.39 is 11.4 Å². The fraction of sp³-hybridized carbons (Fsp3) is 0.231. The van der Waals surface area contributed by atoms with Crippen molar-refractivity contribution in [2.75, 3.05) is 0 Å². The molecule has 0 radical (unpaired) electrons. The molecule has 0 spiro atoms. The number of aliphatic carboxylic acids is 1. The quantitative estimate of drug-likeness (QED) is 0.837. The molecule has 0 aliphatic heterocycles. The van der Waals surface area contributed by atoms with E-state index in [0.29, 0.717) is 0 Å². The van der Waals surface area contributed by atoms with Gasteiger partial charge in [-0.2, -0.15) is 0 Å². The minimum absolute atomic E-state index is 0.748. The Labute approximate surface area is 93.7 Å². The van der Waals surface area contributed by atoms with Crippen molar-refractivity contribution in [3.05, 3.63) is 42.1 Å². The van der Waals surface area contributed by atoms with Crippen LogP contribution in [0.25, 0.3) is 10.9 Å². The van der Waals surface area contributed by atoms with Gasteiger partial charge in [0.2, 0.25) is 0 Å². The number of hydrogen-bond acceptors (Lipinski definition) is 2. The van der Waals surface area contributed by atoms with Crippen LogP contribution in [0.4, 0.5) is 0 Å². The van der Waals surface area contributed by atoms with Crippen LogP contribution in [0, 0.1) is 0 Å². The molecule has 0 saturated carbocycles. The lowest BCUT2D eigenvalue weighted by molar-refractivity contribution is -0.142. The van der Waals surface area contributed by atoms with E-state index in [9.17, 15) is 9.90 Å². The predicted octanol–water partition coefficient (Wildman–Crippen LogP) is 2.60. The number of nitrogens with zero attached hydrogens (tertiary/aromatic N) is 1. The second-order valence-corrected chi connectivity index (χ2v) is 4.31. The molecule has 0 atom stereocenters. The summed E-state index contributed by atoms with van der Waals surface area (Å²) in [5.74, 6) is -0.842. The Morgan fingerprint density at radius 2 is 1.94 bits per heavy atom. The maximum absolute atomic E-state index is 11.2. The van der Waals surface area contributed by atoms with Gasteiger partial charge in [0.15, 0.2) is 0 Å². The van der Waals surface area contributed by atoms with E-state index in [-0.39, 0.29) is 0 Å². The molecule has 0 saturated heterocycles. The summed E-state index contributed by atoms with van der Waals surface area (Å²) in [7, 11) is 0. The molecule has 1 N–H and O–H groups in total. The Morgan fingerprint density at radius 3 is 2.62 bits per heavy atom. The predicted molar refractivity (Wildman–Crippen MR) is 62.4 cm³/mol. The normalized spacial score (nSPS) is 11.6. The molecule has 2 rings (SSSR count). The van der Waals surface area contributed by atoms with E-state index >= 15 is 0 Å². The first-order valence-electron chi connectivity index (χ1n) is 5.11. The third kappa shape index (κ3) is 1.54. The number of benzene rings is 1. The number of aromatic nitrogens is 1. The number of pyridine rings is 1. The number of fused-ring (bicyclic) bond motifs is 1. The van der Waals surface area contributed by atoms with E-state index in [1.807, 2.05) is 30.3 Å². The molecule has 0 aliphatic carbocycles. The van der Waals surface area contributed by atoms with Crippen LogP contribution in [0.2, 0.25) is 0 Å². The van der Waals surface area contributed by atoms with Gasteiger partial charge in [0.25, 0.3) is 0 Å². The van der Waals surface area contributed by atoms with Crippen LogP contribution in [0.5, 0.6) is 0 Å². The van der Waals surface area contributed by atoms with Gasteiger partial charge < -0.3 is 5.11 Å². The van der Waals surface area contributed by atoms with Crippen LogP contribution in [-0.2, 0) is 10.2 Å². The largest absolute Gasteiger partial charge is 0.481 e. The van der Waals surface area contributed by atoms with Gasteiger partial charge in [-0.3, -0.25) is 9.78 Å². The van der Waals surface area contributed by atoms with Crippen LogP contribution < -0.4 is 0 Å². The van der Waals surface area contributed by atoms with Gasteiger partial charge in [-0.25, -0.2) is 0 Å². The van der Waals surface area contributed by atoms with Gasteiger partial charge in [-0.1, -0.05) is 24.3 Å². The van der Waals surface area contributed by atoms with Crippen molar-refractivity contribution in [1.29, 1.82) is 0 Å². The van der Waals surface area contributed by atoms with E-state index in [1.165, 1.54) is 0 Å². The zero-order chi connectivity index (χ0) is 11.8. The van der Waals surface area contributed by atoms with Crippen molar-refractivity contribution in [2.45, 2.75) is 19.3 Å². The van der Waals surface area contributed by atoms with E-state index in [1.54, 1.807) is 20.0 Å². The third-order valence-corrected chi connectivity index (χ3v) is 2.84. The highest BCUT2D eigenvalue weighted by Gasteiger charge is 2.31. The second-order valence-electron chi connectivity index (χ2n) is 4.31. The van der Waals surface area contributed by atoms with Crippen molar-refractivity contribution in [3.8, 4) is 0 Å². The first-order chi connectivity index (χ1) is 7.53. The molecule has 1 aromatic heterocycles. The second kappa shape index (κ2) is 3.59. The van der Waals surface area contributed by atoms with Crippen LogP contribution >= 0.6 is 0 Å². The number of carboxylic acid groups (broad SMARTS) is 1. The fourth-order valence-electron chi connectivity index (χ4n) is 1.72. The molecule has 0 aliphatic rings. The molecule has 2 aromatic rings. The SMILES string of the molecule is CC(C)(C(=O)O)c1cccc2cccnc12. The van der Waals surface area contributed by atoms with Gasteiger partial charge in [-0.15, -0.1) is 0 Å². The summed E-state index contributed by atoms with van der Waals surface area (Å²) in [5.41, 5.74) is 0.587. The molecule has 0 unspecified atom stereocenters. The fourth-order valence-corrected chi connectivity index (χ4v) is 1.72. The molecule has 3 heteroatoms. The number of carboxylic acids is 1. The van der Waals surface area contributed by atoms with Gasteiger partial charge >= 0.3 is 5.97 Å². The molecule has 0 amide bonds. The summed E-state index contributed by atoms with van der Waals surface area (Å²) in [4.78, 5) is 15.5.